The van der Waals surface area contributed by atoms with Crippen LogP contribution < -0.4 is 5.32 Å². The summed E-state index contributed by atoms with van der Waals surface area (Å²) < 4.78 is 26.0. The van der Waals surface area contributed by atoms with Gasteiger partial charge in [0.1, 0.15) is 0 Å². The van der Waals surface area contributed by atoms with Gasteiger partial charge in [-0.15, -0.1) is 0 Å². The fraction of sp³-hybridized carbons (Fsp3) is 1.00. The lowest BCUT2D eigenvalue weighted by atomic mass is 10.3. The molecule has 13 heavy (non-hydrogen) atoms. The molecule has 0 saturated carbocycles. The van der Waals surface area contributed by atoms with Crippen LogP contribution in [0.3, 0.4) is 0 Å². The molecule has 1 aliphatic rings. The van der Waals surface area contributed by atoms with Crippen LogP contribution in [-0.4, -0.2) is 21.4 Å². The molecule has 8 heteroatoms. The molecule has 1 heterocycles. The summed E-state index contributed by atoms with van der Waals surface area (Å²) in [7, 11) is -7.78. The van der Waals surface area contributed by atoms with Crippen molar-refractivity contribution in [3.63, 3.8) is 0 Å². The summed E-state index contributed by atoms with van der Waals surface area (Å²) in [5, 5.41) is 2.60. The highest BCUT2D eigenvalue weighted by molar-refractivity contribution is 7.84. The van der Waals surface area contributed by atoms with E-state index in [1.807, 2.05) is 6.92 Å². The Labute approximate surface area is 76.4 Å². The van der Waals surface area contributed by atoms with Crippen LogP contribution in [0.1, 0.15) is 20.3 Å². The van der Waals surface area contributed by atoms with Crippen molar-refractivity contribution in [2.45, 2.75) is 31.8 Å². The van der Waals surface area contributed by atoms with Gasteiger partial charge in [-0.1, -0.05) is 6.92 Å². The molecule has 78 valence electrons. The molecule has 0 aromatic rings. The van der Waals surface area contributed by atoms with E-state index in [0.29, 0.717) is 6.42 Å². The van der Waals surface area contributed by atoms with Crippen LogP contribution in [0.2, 0.25) is 0 Å². The number of rotatable bonds is 3. The van der Waals surface area contributed by atoms with E-state index in [9.17, 15) is 9.13 Å². The minimum atomic E-state index is -3.89. The topological polar surface area (TPSA) is 95.9 Å². The van der Waals surface area contributed by atoms with Crippen molar-refractivity contribution in [3.8, 4) is 0 Å². The molecule has 0 aliphatic carbocycles. The Morgan fingerprint density at radius 1 is 1.46 bits per heavy atom. The van der Waals surface area contributed by atoms with Crippen LogP contribution in [0.5, 0.6) is 0 Å². The van der Waals surface area contributed by atoms with Crippen LogP contribution in [0, 0.1) is 0 Å². The van der Waals surface area contributed by atoms with Gasteiger partial charge in [0.15, 0.2) is 0 Å². The van der Waals surface area contributed by atoms with Crippen LogP contribution in [0.4, 0.5) is 0 Å². The smallest absolute Gasteiger partial charge is 0.322 e. The summed E-state index contributed by atoms with van der Waals surface area (Å²) in [5.41, 5.74) is -1.31. The van der Waals surface area contributed by atoms with Gasteiger partial charge < -0.3 is 9.79 Å². The first kappa shape index (κ1) is 11.4. The van der Waals surface area contributed by atoms with Gasteiger partial charge in [-0.3, -0.25) is 14.4 Å². The molecule has 0 amide bonds. The number of nitrogens with one attached hydrogen (secondary N) is 1. The highest BCUT2D eigenvalue weighted by Gasteiger charge is 2.61. The maximum atomic E-state index is 11.0. The molecule has 1 saturated heterocycles. The number of hydrogen-bond donors (Lipinski definition) is 3. The zero-order chi connectivity index (χ0) is 10.3. The first-order valence-electron chi connectivity index (χ1n) is 3.92. The molecule has 1 fully saturated rings. The third kappa shape index (κ3) is 2.21. The summed E-state index contributed by atoms with van der Waals surface area (Å²) in [6.45, 7) is 3.63. The van der Waals surface area contributed by atoms with Gasteiger partial charge in [0.25, 0.3) is 0 Å². The highest BCUT2D eigenvalue weighted by atomic mass is 31.3. The van der Waals surface area contributed by atoms with E-state index in [0.717, 1.165) is 0 Å². The lowest BCUT2D eigenvalue weighted by Gasteiger charge is -2.37. The van der Waals surface area contributed by atoms with Gasteiger partial charge in [-0.25, -0.2) is 4.31 Å². The minimum absolute atomic E-state index is 0.0881. The van der Waals surface area contributed by atoms with Crippen molar-refractivity contribution in [2.24, 2.45) is 0 Å². The molecule has 0 bridgehead atoms. The summed E-state index contributed by atoms with van der Waals surface area (Å²) >= 11 is 0. The Hall–Kier alpha value is 0.300. The Bertz CT molecular complexity index is 271. The van der Waals surface area contributed by atoms with E-state index >= 15 is 0 Å². The Morgan fingerprint density at radius 3 is 2.23 bits per heavy atom. The average Bonchev–Trinajstić information content (AvgIpc) is 1.97. The summed E-state index contributed by atoms with van der Waals surface area (Å²) in [6.07, 6.45) is 0.705. The Morgan fingerprint density at radius 2 is 1.92 bits per heavy atom. The summed E-state index contributed by atoms with van der Waals surface area (Å²) in [4.78, 5) is 18.0. The molecule has 0 aromatic heterocycles. The molecular formula is C5H13NO5P2. The predicted octanol–water partition coefficient (Wildman–Crippen LogP) is 1.06. The van der Waals surface area contributed by atoms with E-state index in [-0.39, 0.29) is 6.04 Å². The summed E-state index contributed by atoms with van der Waals surface area (Å²) in [5.74, 6) is 0. The highest BCUT2D eigenvalue weighted by Crippen LogP contribution is 2.80. The quantitative estimate of drug-likeness (QED) is 0.626. The van der Waals surface area contributed by atoms with E-state index in [1.165, 1.54) is 0 Å². The molecule has 3 unspecified atom stereocenters. The van der Waals surface area contributed by atoms with Crippen LogP contribution in [0.15, 0.2) is 0 Å². The van der Waals surface area contributed by atoms with Gasteiger partial charge in [0.2, 0.25) is 5.52 Å². The van der Waals surface area contributed by atoms with Crippen molar-refractivity contribution in [3.05, 3.63) is 0 Å². The maximum absolute atomic E-state index is 11.0. The molecule has 6 nitrogen and oxygen atoms in total. The van der Waals surface area contributed by atoms with Gasteiger partial charge in [-0.2, -0.15) is 0 Å². The van der Waals surface area contributed by atoms with Crippen molar-refractivity contribution in [2.75, 3.05) is 0 Å². The average molecular weight is 229 g/mol. The molecule has 0 aromatic carbocycles. The van der Waals surface area contributed by atoms with Crippen molar-refractivity contribution < 1.29 is 23.2 Å². The van der Waals surface area contributed by atoms with Gasteiger partial charge in [0, 0.05) is 6.04 Å². The summed E-state index contributed by atoms with van der Waals surface area (Å²) in [6, 6.07) is -0.0881. The van der Waals surface area contributed by atoms with Gasteiger partial charge in [-0.05, 0) is 13.3 Å². The standard InChI is InChI=1S/C5H13NO5P2/c1-3-4(2)6-5-12(7,8)11-13(5,9)10/h4-6H,3H2,1-2H3,(H,7,8)(H,9,10). The zero-order valence-electron chi connectivity index (χ0n) is 7.38. The van der Waals surface area contributed by atoms with E-state index < -0.39 is 20.7 Å². The van der Waals surface area contributed by atoms with Crippen LogP contribution in [-0.2, 0) is 13.4 Å². The lowest BCUT2D eigenvalue weighted by Crippen LogP contribution is -2.41. The third-order valence-electron chi connectivity index (χ3n) is 1.90. The lowest BCUT2D eigenvalue weighted by molar-refractivity contribution is 0.270. The van der Waals surface area contributed by atoms with E-state index in [1.54, 1.807) is 6.92 Å². The molecular weight excluding hydrogens is 216 g/mol. The molecule has 1 aliphatic heterocycles. The first-order chi connectivity index (χ1) is 5.79. The Kier molecular flexibility index (Phi) is 3.03. The molecule has 1 rings (SSSR count). The van der Waals surface area contributed by atoms with Gasteiger partial charge in [0.05, 0.1) is 0 Å². The number of hydrogen-bond acceptors (Lipinski definition) is 4. The molecule has 3 N–H and O–H groups in total. The second-order valence-corrected chi connectivity index (χ2v) is 7.41. The second-order valence-electron chi connectivity index (χ2n) is 3.06. The first-order valence-corrected chi connectivity index (χ1v) is 7.21. The Balaban J connectivity index is 2.67. The monoisotopic (exact) mass is 229 g/mol. The largest absolute Gasteiger partial charge is 0.364 e. The fourth-order valence-electron chi connectivity index (χ4n) is 0.961. The van der Waals surface area contributed by atoms with Crippen LogP contribution >= 0.6 is 15.2 Å². The SMILES string of the molecule is CCC(C)NC1P(=O)(O)OP1(=O)O. The van der Waals surface area contributed by atoms with E-state index in [4.69, 9.17) is 9.79 Å². The molecule has 3 atom stereocenters. The van der Waals surface area contributed by atoms with Crippen LogP contribution in [0.25, 0.3) is 0 Å². The molecule has 0 radical (unpaired) electrons. The van der Waals surface area contributed by atoms with Crippen molar-refractivity contribution in [1.29, 1.82) is 0 Å². The second kappa shape index (κ2) is 3.46. The predicted molar refractivity (Wildman–Crippen MR) is 47.4 cm³/mol. The maximum Gasteiger partial charge on any atom is 0.364 e. The van der Waals surface area contributed by atoms with Crippen molar-refractivity contribution >= 4 is 15.2 Å². The van der Waals surface area contributed by atoms with Gasteiger partial charge >= 0.3 is 15.2 Å². The minimum Gasteiger partial charge on any atom is -0.322 e. The fourth-order valence-corrected chi connectivity index (χ4v) is 5.05. The van der Waals surface area contributed by atoms with Crippen molar-refractivity contribution in [1.82, 2.24) is 5.32 Å². The van der Waals surface area contributed by atoms with E-state index in [2.05, 4.69) is 9.63 Å². The molecule has 0 spiro atoms. The zero-order valence-corrected chi connectivity index (χ0v) is 9.16. The third-order valence-corrected chi connectivity index (χ3v) is 7.06. The normalized spacial score (nSPS) is 46.9.